The second-order valence-electron chi connectivity index (χ2n) is 6.12. The lowest BCUT2D eigenvalue weighted by atomic mass is 10.1. The first kappa shape index (κ1) is 15.6. The van der Waals surface area contributed by atoms with E-state index in [1.54, 1.807) is 30.5 Å². The van der Waals surface area contributed by atoms with E-state index in [4.69, 9.17) is 10.2 Å². The van der Waals surface area contributed by atoms with Gasteiger partial charge in [0.1, 0.15) is 0 Å². The number of furan rings is 1. The van der Waals surface area contributed by atoms with Crippen LogP contribution in [0.15, 0.2) is 47.1 Å². The molecule has 0 bridgehead atoms. The van der Waals surface area contributed by atoms with Gasteiger partial charge in [0.05, 0.1) is 25.9 Å². The molecule has 1 aromatic carbocycles. The molecule has 2 heterocycles. The fraction of sp³-hybridized carbons (Fsp3) is 0.389. The number of carbonyl (C=O) groups excluding carboxylic acids is 1. The van der Waals surface area contributed by atoms with E-state index in [1.165, 1.54) is 24.2 Å². The van der Waals surface area contributed by atoms with Crippen molar-refractivity contribution in [3.63, 3.8) is 0 Å². The third-order valence-electron chi connectivity index (χ3n) is 4.51. The Balaban J connectivity index is 1.66. The molecular weight excluding hydrogens is 290 g/mol. The number of carbonyl (C=O) groups is 1. The first-order valence-electron chi connectivity index (χ1n) is 8.26. The molecular formula is C18H24N3O2+. The highest BCUT2D eigenvalue weighted by molar-refractivity contribution is 5.94. The van der Waals surface area contributed by atoms with Crippen LogP contribution in [-0.4, -0.2) is 25.5 Å². The van der Waals surface area contributed by atoms with Gasteiger partial charge in [0.25, 0.3) is 5.91 Å². The first-order chi connectivity index (χ1) is 11.2. The van der Waals surface area contributed by atoms with Crippen LogP contribution in [0.5, 0.6) is 0 Å². The van der Waals surface area contributed by atoms with Crippen LogP contribution in [0.3, 0.4) is 0 Å². The largest absolute Gasteiger partial charge is 0.463 e. The van der Waals surface area contributed by atoms with Crippen LogP contribution in [0.1, 0.15) is 41.4 Å². The summed E-state index contributed by atoms with van der Waals surface area (Å²) in [5.41, 5.74) is 6.95. The smallest absolute Gasteiger partial charge is 0.251 e. The van der Waals surface area contributed by atoms with Crippen LogP contribution >= 0.6 is 0 Å². The molecule has 1 aliphatic heterocycles. The van der Waals surface area contributed by atoms with Crippen molar-refractivity contribution in [2.75, 3.05) is 25.4 Å². The summed E-state index contributed by atoms with van der Waals surface area (Å²) in [7, 11) is 0. The normalized spacial score (nSPS) is 16.9. The molecule has 4 N–H and O–H groups in total. The number of piperidine rings is 1. The van der Waals surface area contributed by atoms with E-state index in [9.17, 15) is 4.79 Å². The number of quaternary nitrogens is 1. The Hall–Kier alpha value is -2.27. The molecule has 1 aliphatic rings. The number of nitrogens with one attached hydrogen (secondary N) is 2. The number of hydrogen-bond acceptors (Lipinski definition) is 3. The summed E-state index contributed by atoms with van der Waals surface area (Å²) >= 11 is 0. The summed E-state index contributed by atoms with van der Waals surface area (Å²) in [6.07, 6.45) is 5.47. The Kier molecular flexibility index (Phi) is 4.98. The quantitative estimate of drug-likeness (QED) is 0.731. The second-order valence-corrected chi connectivity index (χ2v) is 6.12. The molecule has 1 aromatic heterocycles. The highest BCUT2D eigenvalue weighted by Crippen LogP contribution is 2.12. The highest BCUT2D eigenvalue weighted by Gasteiger charge is 2.28. The van der Waals surface area contributed by atoms with Crippen LogP contribution in [0.25, 0.3) is 0 Å². The van der Waals surface area contributed by atoms with Crippen LogP contribution in [-0.2, 0) is 0 Å². The zero-order chi connectivity index (χ0) is 16.1. The zero-order valence-electron chi connectivity index (χ0n) is 13.3. The van der Waals surface area contributed by atoms with Crippen molar-refractivity contribution in [1.82, 2.24) is 5.32 Å². The van der Waals surface area contributed by atoms with Gasteiger partial charge in [-0.05, 0) is 55.7 Å². The van der Waals surface area contributed by atoms with Crippen molar-refractivity contribution in [2.24, 2.45) is 0 Å². The van der Waals surface area contributed by atoms with Gasteiger partial charge in [-0.2, -0.15) is 0 Å². The van der Waals surface area contributed by atoms with E-state index in [0.717, 1.165) is 18.8 Å². The number of hydrogen-bond donors (Lipinski definition) is 3. The van der Waals surface area contributed by atoms with Crippen molar-refractivity contribution < 1.29 is 14.1 Å². The van der Waals surface area contributed by atoms with E-state index in [-0.39, 0.29) is 11.9 Å². The van der Waals surface area contributed by atoms with Crippen LogP contribution in [0, 0.1) is 0 Å². The minimum absolute atomic E-state index is 0.0713. The summed E-state index contributed by atoms with van der Waals surface area (Å²) in [5, 5.41) is 3.04. The number of rotatable bonds is 5. The van der Waals surface area contributed by atoms with E-state index >= 15 is 0 Å². The molecule has 5 nitrogen and oxygen atoms in total. The van der Waals surface area contributed by atoms with Crippen molar-refractivity contribution in [3.8, 4) is 0 Å². The molecule has 0 radical (unpaired) electrons. The standard InChI is InChI=1S/C18H23N3O2/c19-15-8-6-14(7-9-15)18(22)20-13-16(17-5-4-12-23-17)21-10-2-1-3-11-21/h4-9,12,16H,1-3,10-11,13,19H2,(H,20,22)/p+1/t16-/m0/s1. The van der Waals surface area contributed by atoms with Crippen LogP contribution in [0.2, 0.25) is 0 Å². The monoisotopic (exact) mass is 314 g/mol. The maximum Gasteiger partial charge on any atom is 0.251 e. The lowest BCUT2D eigenvalue weighted by molar-refractivity contribution is -0.936. The number of benzene rings is 1. The number of amides is 1. The summed E-state index contributed by atoms with van der Waals surface area (Å²) in [5.74, 6) is 0.873. The predicted octanol–water partition coefficient (Wildman–Crippen LogP) is 1.40. The van der Waals surface area contributed by atoms with Gasteiger partial charge in [0, 0.05) is 11.3 Å². The molecule has 0 unspecified atom stereocenters. The molecule has 1 saturated heterocycles. The molecule has 3 rings (SSSR count). The summed E-state index contributed by atoms with van der Waals surface area (Å²) in [4.78, 5) is 13.8. The fourth-order valence-electron chi connectivity index (χ4n) is 3.22. The van der Waals surface area contributed by atoms with Crippen molar-refractivity contribution in [1.29, 1.82) is 0 Å². The average molecular weight is 314 g/mol. The molecule has 1 atom stereocenters. The molecule has 1 amide bonds. The third kappa shape index (κ3) is 3.93. The van der Waals surface area contributed by atoms with Crippen LogP contribution in [0.4, 0.5) is 5.69 Å². The van der Waals surface area contributed by atoms with Crippen molar-refractivity contribution in [3.05, 3.63) is 54.0 Å². The van der Waals surface area contributed by atoms with Gasteiger partial charge in [0.15, 0.2) is 11.8 Å². The molecule has 2 aromatic rings. The molecule has 122 valence electrons. The van der Waals surface area contributed by atoms with Gasteiger partial charge in [-0.25, -0.2) is 0 Å². The molecule has 0 aliphatic carbocycles. The second kappa shape index (κ2) is 7.33. The topological polar surface area (TPSA) is 72.7 Å². The Morgan fingerprint density at radius 1 is 1.17 bits per heavy atom. The molecule has 1 fully saturated rings. The van der Waals surface area contributed by atoms with E-state index in [2.05, 4.69) is 5.32 Å². The number of anilines is 1. The third-order valence-corrected chi connectivity index (χ3v) is 4.51. The Morgan fingerprint density at radius 2 is 1.91 bits per heavy atom. The number of likely N-dealkylation sites (tertiary alicyclic amines) is 1. The van der Waals surface area contributed by atoms with Crippen molar-refractivity contribution in [2.45, 2.75) is 25.3 Å². The zero-order valence-corrected chi connectivity index (χ0v) is 13.3. The van der Waals surface area contributed by atoms with Crippen LogP contribution < -0.4 is 16.0 Å². The van der Waals surface area contributed by atoms with Gasteiger partial charge in [-0.15, -0.1) is 0 Å². The molecule has 0 saturated carbocycles. The van der Waals surface area contributed by atoms with Crippen molar-refractivity contribution >= 4 is 11.6 Å². The first-order valence-corrected chi connectivity index (χ1v) is 8.26. The average Bonchev–Trinajstić information content (AvgIpc) is 3.11. The summed E-state index contributed by atoms with van der Waals surface area (Å²) in [6, 6.07) is 11.1. The van der Waals surface area contributed by atoms with Gasteiger partial charge < -0.3 is 20.4 Å². The molecule has 23 heavy (non-hydrogen) atoms. The Morgan fingerprint density at radius 3 is 2.57 bits per heavy atom. The fourth-order valence-corrected chi connectivity index (χ4v) is 3.22. The lowest BCUT2D eigenvalue weighted by Crippen LogP contribution is -3.13. The van der Waals surface area contributed by atoms with E-state index < -0.39 is 0 Å². The maximum atomic E-state index is 12.3. The summed E-state index contributed by atoms with van der Waals surface area (Å²) in [6.45, 7) is 2.83. The SMILES string of the molecule is Nc1ccc(C(=O)NC[C@@H](c2ccco2)[NH+]2CCCCC2)cc1. The minimum Gasteiger partial charge on any atom is -0.463 e. The maximum absolute atomic E-state index is 12.3. The Bertz CT molecular complexity index is 616. The molecule has 0 spiro atoms. The number of nitrogens with two attached hydrogens (primary N) is 1. The van der Waals surface area contributed by atoms with Gasteiger partial charge >= 0.3 is 0 Å². The number of nitrogen functional groups attached to an aromatic ring is 1. The van der Waals surface area contributed by atoms with Gasteiger partial charge in [0.2, 0.25) is 0 Å². The molecule has 5 heteroatoms. The van der Waals surface area contributed by atoms with E-state index in [1.807, 2.05) is 12.1 Å². The van der Waals surface area contributed by atoms with Gasteiger partial charge in [-0.3, -0.25) is 4.79 Å². The lowest BCUT2D eigenvalue weighted by Gasteiger charge is -2.30. The highest BCUT2D eigenvalue weighted by atomic mass is 16.3. The van der Waals surface area contributed by atoms with E-state index in [0.29, 0.717) is 17.8 Å². The minimum atomic E-state index is -0.0713. The van der Waals surface area contributed by atoms with Gasteiger partial charge in [-0.1, -0.05) is 0 Å². The Labute approximate surface area is 136 Å². The predicted molar refractivity (Wildman–Crippen MR) is 89.2 cm³/mol. The summed E-state index contributed by atoms with van der Waals surface area (Å²) < 4.78 is 5.61.